The third-order valence-electron chi connectivity index (χ3n) is 5.51. The maximum absolute atomic E-state index is 12.8. The van der Waals surface area contributed by atoms with Gasteiger partial charge in [-0.2, -0.15) is 4.31 Å². The molecule has 0 spiro atoms. The second-order valence-corrected chi connectivity index (χ2v) is 9.85. The molecular weight excluding hydrogens is 456 g/mol. The summed E-state index contributed by atoms with van der Waals surface area (Å²) in [6.07, 6.45) is 6.56. The van der Waals surface area contributed by atoms with Gasteiger partial charge < -0.3 is 14.8 Å². The maximum atomic E-state index is 12.8. The van der Waals surface area contributed by atoms with Crippen molar-refractivity contribution < 1.29 is 27.5 Å². The van der Waals surface area contributed by atoms with Crippen molar-refractivity contribution in [1.82, 2.24) is 9.62 Å². The third-order valence-corrected chi connectivity index (χ3v) is 7.42. The molecule has 0 unspecified atom stereocenters. The Morgan fingerprint density at radius 1 is 1.00 bits per heavy atom. The lowest BCUT2D eigenvalue weighted by molar-refractivity contribution is -0.143. The normalized spacial score (nSPS) is 15.0. The van der Waals surface area contributed by atoms with Crippen LogP contribution in [0, 0.1) is 0 Å². The quantitative estimate of drug-likeness (QED) is 0.432. The van der Waals surface area contributed by atoms with Crippen LogP contribution in [0.25, 0.3) is 6.08 Å². The number of nitrogens with one attached hydrogen (secondary N) is 1. The second-order valence-electron chi connectivity index (χ2n) is 7.92. The topological polar surface area (TPSA) is 102 Å². The molecule has 0 saturated carbocycles. The minimum Gasteiger partial charge on any atom is -0.496 e. The molecule has 182 valence electrons. The Bertz CT molecular complexity index is 1100. The molecule has 34 heavy (non-hydrogen) atoms. The molecule has 2 aromatic carbocycles. The highest BCUT2D eigenvalue weighted by Gasteiger charge is 2.24. The molecule has 1 fully saturated rings. The van der Waals surface area contributed by atoms with Gasteiger partial charge in [-0.25, -0.2) is 13.2 Å². The van der Waals surface area contributed by atoms with Gasteiger partial charge in [0.05, 0.1) is 12.0 Å². The number of sulfonamides is 1. The summed E-state index contributed by atoms with van der Waals surface area (Å²) >= 11 is 0. The van der Waals surface area contributed by atoms with Crippen LogP contribution in [0.5, 0.6) is 5.75 Å². The van der Waals surface area contributed by atoms with E-state index in [0.29, 0.717) is 24.4 Å². The van der Waals surface area contributed by atoms with Gasteiger partial charge in [-0.3, -0.25) is 4.79 Å². The van der Waals surface area contributed by atoms with E-state index in [1.54, 1.807) is 29.6 Å². The van der Waals surface area contributed by atoms with Gasteiger partial charge in [-0.15, -0.1) is 0 Å². The van der Waals surface area contributed by atoms with E-state index >= 15 is 0 Å². The molecule has 0 aliphatic carbocycles. The van der Waals surface area contributed by atoms with E-state index in [1.165, 1.54) is 24.3 Å². The van der Waals surface area contributed by atoms with E-state index in [0.717, 1.165) is 31.2 Å². The average molecular weight is 487 g/mol. The number of ether oxygens (including phenoxy) is 2. The van der Waals surface area contributed by atoms with E-state index in [-0.39, 0.29) is 11.4 Å². The van der Waals surface area contributed by atoms with Crippen LogP contribution >= 0.6 is 0 Å². The van der Waals surface area contributed by atoms with Gasteiger partial charge >= 0.3 is 5.97 Å². The van der Waals surface area contributed by atoms with E-state index in [2.05, 4.69) is 5.32 Å². The fourth-order valence-corrected chi connectivity index (χ4v) is 5.14. The van der Waals surface area contributed by atoms with Crippen molar-refractivity contribution in [3.8, 4) is 5.75 Å². The van der Waals surface area contributed by atoms with E-state index in [4.69, 9.17) is 9.47 Å². The zero-order chi connectivity index (χ0) is 24.4. The number of hydrogen-bond donors (Lipinski definition) is 1. The standard InChI is InChI=1S/C25H30N2O6S/c1-32-23-9-5-4-8-21(23)18-26-24(28)19-33-25(29)15-12-20-10-13-22(14-11-20)34(30,31)27-16-6-2-3-7-17-27/h4-5,8-15H,2-3,6-7,16-19H2,1H3,(H,26,28)/b15-12+. The fraction of sp³-hybridized carbons (Fsp3) is 0.360. The summed E-state index contributed by atoms with van der Waals surface area (Å²) in [6.45, 7) is 0.929. The van der Waals surface area contributed by atoms with Gasteiger partial charge in [0.15, 0.2) is 6.61 Å². The number of methoxy groups -OCH3 is 1. The number of nitrogens with zero attached hydrogens (tertiary/aromatic N) is 1. The van der Waals surface area contributed by atoms with Crippen molar-refractivity contribution in [2.24, 2.45) is 0 Å². The smallest absolute Gasteiger partial charge is 0.331 e. The number of para-hydroxylation sites is 1. The number of esters is 1. The largest absolute Gasteiger partial charge is 0.496 e. The molecule has 1 aliphatic rings. The Morgan fingerprint density at radius 2 is 1.68 bits per heavy atom. The molecular formula is C25H30N2O6S. The molecule has 0 aromatic heterocycles. The fourth-order valence-electron chi connectivity index (χ4n) is 3.62. The zero-order valence-electron chi connectivity index (χ0n) is 19.2. The molecule has 1 amide bonds. The number of hydrogen-bond acceptors (Lipinski definition) is 6. The lowest BCUT2D eigenvalue weighted by Gasteiger charge is -2.19. The first-order valence-electron chi connectivity index (χ1n) is 11.2. The van der Waals surface area contributed by atoms with Gasteiger partial charge in [0, 0.05) is 31.3 Å². The molecule has 8 nitrogen and oxygen atoms in total. The van der Waals surface area contributed by atoms with Crippen LogP contribution in [-0.2, 0) is 30.9 Å². The van der Waals surface area contributed by atoms with Gasteiger partial charge in [0.25, 0.3) is 5.91 Å². The molecule has 3 rings (SSSR count). The highest BCUT2D eigenvalue weighted by atomic mass is 32.2. The minimum atomic E-state index is -3.52. The Morgan fingerprint density at radius 3 is 2.35 bits per heavy atom. The van der Waals surface area contributed by atoms with Gasteiger partial charge in [-0.05, 0) is 42.7 Å². The number of carbonyl (C=O) groups excluding carboxylic acids is 2. The van der Waals surface area contributed by atoms with Crippen LogP contribution in [-0.4, -0.2) is 51.4 Å². The predicted molar refractivity (Wildman–Crippen MR) is 129 cm³/mol. The number of carbonyl (C=O) groups is 2. The Hall–Kier alpha value is -3.17. The molecule has 0 atom stereocenters. The molecule has 1 saturated heterocycles. The summed E-state index contributed by atoms with van der Waals surface area (Å²) in [5.41, 5.74) is 1.46. The maximum Gasteiger partial charge on any atom is 0.331 e. The summed E-state index contributed by atoms with van der Waals surface area (Å²) in [7, 11) is -1.96. The minimum absolute atomic E-state index is 0.237. The molecule has 2 aromatic rings. The first-order chi connectivity index (χ1) is 16.4. The summed E-state index contributed by atoms with van der Waals surface area (Å²) < 4.78 is 37.4. The van der Waals surface area contributed by atoms with Crippen LogP contribution in [0.2, 0.25) is 0 Å². The summed E-state index contributed by atoms with van der Waals surface area (Å²) in [4.78, 5) is 24.2. The van der Waals surface area contributed by atoms with Crippen molar-refractivity contribution in [3.05, 3.63) is 65.7 Å². The van der Waals surface area contributed by atoms with Crippen LogP contribution in [0.3, 0.4) is 0 Å². The van der Waals surface area contributed by atoms with Gasteiger partial charge in [0.1, 0.15) is 5.75 Å². The average Bonchev–Trinajstić information content (AvgIpc) is 3.16. The Kier molecular flexibility index (Phi) is 9.24. The van der Waals surface area contributed by atoms with Crippen molar-refractivity contribution in [3.63, 3.8) is 0 Å². The van der Waals surface area contributed by atoms with Crippen molar-refractivity contribution in [1.29, 1.82) is 0 Å². The van der Waals surface area contributed by atoms with E-state index in [1.807, 2.05) is 18.2 Å². The highest BCUT2D eigenvalue weighted by molar-refractivity contribution is 7.89. The Balaban J connectivity index is 1.47. The molecule has 9 heteroatoms. The van der Waals surface area contributed by atoms with Crippen LogP contribution < -0.4 is 10.1 Å². The number of rotatable bonds is 9. The first kappa shape index (κ1) is 25.5. The van der Waals surface area contributed by atoms with Crippen LogP contribution in [0.4, 0.5) is 0 Å². The predicted octanol–water partition coefficient (Wildman–Crippen LogP) is 3.13. The second kappa shape index (κ2) is 12.3. The van der Waals surface area contributed by atoms with Crippen molar-refractivity contribution >= 4 is 28.0 Å². The SMILES string of the molecule is COc1ccccc1CNC(=O)COC(=O)/C=C/c1ccc(S(=O)(=O)N2CCCCCC2)cc1. The van der Waals surface area contributed by atoms with Crippen LogP contribution in [0.15, 0.2) is 59.5 Å². The van der Waals surface area contributed by atoms with E-state index in [9.17, 15) is 18.0 Å². The lowest BCUT2D eigenvalue weighted by Crippen LogP contribution is -2.31. The summed E-state index contributed by atoms with van der Waals surface area (Å²) in [5, 5.41) is 2.67. The zero-order valence-corrected chi connectivity index (χ0v) is 20.1. The van der Waals surface area contributed by atoms with Crippen LogP contribution in [0.1, 0.15) is 36.8 Å². The van der Waals surface area contributed by atoms with Crippen molar-refractivity contribution in [2.75, 3.05) is 26.8 Å². The monoisotopic (exact) mass is 486 g/mol. The molecule has 0 radical (unpaired) electrons. The Labute approximate surface area is 200 Å². The lowest BCUT2D eigenvalue weighted by atomic mass is 10.2. The first-order valence-corrected chi connectivity index (χ1v) is 12.7. The summed E-state index contributed by atoms with van der Waals surface area (Å²) in [6, 6.07) is 13.6. The van der Waals surface area contributed by atoms with E-state index < -0.39 is 28.5 Å². The molecule has 0 bridgehead atoms. The van der Waals surface area contributed by atoms with Crippen molar-refractivity contribution in [2.45, 2.75) is 37.1 Å². The van der Waals surface area contributed by atoms with Gasteiger partial charge in [0.2, 0.25) is 10.0 Å². The molecule has 1 N–H and O–H groups in total. The molecule has 1 heterocycles. The highest BCUT2D eigenvalue weighted by Crippen LogP contribution is 2.21. The third kappa shape index (κ3) is 7.16. The summed E-state index contributed by atoms with van der Waals surface area (Å²) in [5.74, 6) is -0.447. The number of amides is 1. The van der Waals surface area contributed by atoms with Gasteiger partial charge in [-0.1, -0.05) is 43.2 Å². The number of benzene rings is 2. The molecule has 1 aliphatic heterocycles.